The van der Waals surface area contributed by atoms with Crippen LogP contribution in [0.1, 0.15) is 11.1 Å². The Labute approximate surface area is 189 Å². The Hall–Kier alpha value is -2.74. The van der Waals surface area contributed by atoms with Crippen LogP contribution in [-0.4, -0.2) is 58.1 Å². The SMILES string of the molecule is Brc1ccccc1CN1CCN(Cc2cccc3ccccc23)CC1.O=C(O)C(=O)O. The second-order valence-electron chi connectivity index (χ2n) is 7.39. The van der Waals surface area contributed by atoms with Gasteiger partial charge in [-0.15, -0.1) is 0 Å². The van der Waals surface area contributed by atoms with Crippen LogP contribution in [0.4, 0.5) is 0 Å². The Balaban J connectivity index is 0.000000401. The number of fused-ring (bicyclic) bond motifs is 1. The quantitative estimate of drug-likeness (QED) is 0.543. The van der Waals surface area contributed by atoms with Gasteiger partial charge in [-0.3, -0.25) is 9.80 Å². The molecule has 2 N–H and O–H groups in total. The predicted octanol–water partition coefficient (Wildman–Crippen LogP) is 4.08. The second kappa shape index (κ2) is 11.0. The zero-order chi connectivity index (χ0) is 22.2. The van der Waals surface area contributed by atoms with Gasteiger partial charge in [0.2, 0.25) is 0 Å². The Kier molecular flexibility index (Phi) is 8.17. The van der Waals surface area contributed by atoms with Gasteiger partial charge in [0, 0.05) is 43.7 Å². The monoisotopic (exact) mass is 484 g/mol. The smallest absolute Gasteiger partial charge is 0.414 e. The zero-order valence-corrected chi connectivity index (χ0v) is 18.7. The van der Waals surface area contributed by atoms with Crippen LogP contribution in [0.15, 0.2) is 71.2 Å². The fourth-order valence-electron chi connectivity index (χ4n) is 3.64. The fourth-order valence-corrected chi connectivity index (χ4v) is 4.05. The molecule has 1 heterocycles. The molecule has 31 heavy (non-hydrogen) atoms. The lowest BCUT2D eigenvalue weighted by Gasteiger charge is -2.35. The van der Waals surface area contributed by atoms with E-state index in [4.69, 9.17) is 19.8 Å². The van der Waals surface area contributed by atoms with Crippen molar-refractivity contribution in [1.29, 1.82) is 0 Å². The van der Waals surface area contributed by atoms with Crippen molar-refractivity contribution in [2.24, 2.45) is 0 Å². The van der Waals surface area contributed by atoms with E-state index < -0.39 is 11.9 Å². The number of rotatable bonds is 4. The average molecular weight is 485 g/mol. The number of carboxylic acids is 2. The van der Waals surface area contributed by atoms with Crippen LogP contribution in [0, 0.1) is 0 Å². The van der Waals surface area contributed by atoms with Gasteiger partial charge >= 0.3 is 11.9 Å². The van der Waals surface area contributed by atoms with Gasteiger partial charge in [0.1, 0.15) is 0 Å². The lowest BCUT2D eigenvalue weighted by Crippen LogP contribution is -2.45. The molecule has 6 nitrogen and oxygen atoms in total. The van der Waals surface area contributed by atoms with Crippen LogP contribution in [0.5, 0.6) is 0 Å². The van der Waals surface area contributed by atoms with Crippen molar-refractivity contribution in [3.63, 3.8) is 0 Å². The van der Waals surface area contributed by atoms with E-state index >= 15 is 0 Å². The molecular formula is C24H25BrN2O4. The number of hydrogen-bond acceptors (Lipinski definition) is 4. The van der Waals surface area contributed by atoms with E-state index in [0.717, 1.165) is 39.3 Å². The Morgan fingerprint density at radius 2 is 1.19 bits per heavy atom. The number of halogens is 1. The normalized spacial score (nSPS) is 14.6. The highest BCUT2D eigenvalue weighted by Crippen LogP contribution is 2.22. The van der Waals surface area contributed by atoms with Crippen molar-refractivity contribution in [1.82, 2.24) is 9.80 Å². The van der Waals surface area contributed by atoms with Gasteiger partial charge in [-0.25, -0.2) is 9.59 Å². The molecule has 0 amide bonds. The molecular weight excluding hydrogens is 460 g/mol. The van der Waals surface area contributed by atoms with Crippen LogP contribution < -0.4 is 0 Å². The number of benzene rings is 3. The second-order valence-corrected chi connectivity index (χ2v) is 8.25. The molecule has 0 spiro atoms. The summed E-state index contributed by atoms with van der Waals surface area (Å²) in [5, 5.41) is 17.5. The van der Waals surface area contributed by atoms with Crippen molar-refractivity contribution >= 4 is 38.6 Å². The molecule has 162 valence electrons. The summed E-state index contributed by atoms with van der Waals surface area (Å²) in [6.07, 6.45) is 0. The molecule has 4 rings (SSSR count). The van der Waals surface area contributed by atoms with Crippen molar-refractivity contribution in [3.05, 3.63) is 82.3 Å². The third kappa shape index (κ3) is 6.62. The molecule has 0 radical (unpaired) electrons. The summed E-state index contributed by atoms with van der Waals surface area (Å²) in [5.41, 5.74) is 2.82. The molecule has 1 aliphatic heterocycles. The van der Waals surface area contributed by atoms with Crippen LogP contribution in [0.25, 0.3) is 10.8 Å². The van der Waals surface area contributed by atoms with E-state index in [0.29, 0.717) is 0 Å². The van der Waals surface area contributed by atoms with Gasteiger partial charge in [0.25, 0.3) is 0 Å². The fraction of sp³-hybridized carbons (Fsp3) is 0.250. The first-order valence-electron chi connectivity index (χ1n) is 10.0. The third-order valence-electron chi connectivity index (χ3n) is 5.27. The van der Waals surface area contributed by atoms with Crippen molar-refractivity contribution in [2.75, 3.05) is 26.2 Å². The topological polar surface area (TPSA) is 81.1 Å². The maximum absolute atomic E-state index is 9.10. The minimum atomic E-state index is -1.82. The van der Waals surface area contributed by atoms with E-state index in [2.05, 4.69) is 92.5 Å². The van der Waals surface area contributed by atoms with Crippen LogP contribution in [-0.2, 0) is 22.7 Å². The molecule has 0 atom stereocenters. The van der Waals surface area contributed by atoms with Crippen LogP contribution in [0.3, 0.4) is 0 Å². The first-order valence-corrected chi connectivity index (χ1v) is 10.8. The Morgan fingerprint density at radius 3 is 1.81 bits per heavy atom. The number of aliphatic carboxylic acids is 2. The van der Waals surface area contributed by atoms with E-state index in [1.807, 2.05) is 0 Å². The van der Waals surface area contributed by atoms with Gasteiger partial charge in [-0.2, -0.15) is 0 Å². The third-order valence-corrected chi connectivity index (χ3v) is 6.05. The maximum atomic E-state index is 9.10. The highest BCUT2D eigenvalue weighted by molar-refractivity contribution is 9.10. The van der Waals surface area contributed by atoms with E-state index in [9.17, 15) is 0 Å². The van der Waals surface area contributed by atoms with Gasteiger partial charge in [0.05, 0.1) is 0 Å². The highest BCUT2D eigenvalue weighted by atomic mass is 79.9. The largest absolute Gasteiger partial charge is 0.473 e. The number of hydrogen-bond donors (Lipinski definition) is 2. The molecule has 1 saturated heterocycles. The lowest BCUT2D eigenvalue weighted by molar-refractivity contribution is -0.159. The molecule has 0 aromatic heterocycles. The average Bonchev–Trinajstić information content (AvgIpc) is 2.77. The number of nitrogens with zero attached hydrogens (tertiary/aromatic N) is 2. The van der Waals surface area contributed by atoms with Crippen molar-refractivity contribution < 1.29 is 19.8 Å². The summed E-state index contributed by atoms with van der Waals surface area (Å²) in [6.45, 7) is 6.60. The summed E-state index contributed by atoms with van der Waals surface area (Å²) in [5.74, 6) is -3.65. The van der Waals surface area contributed by atoms with Gasteiger partial charge in [0.15, 0.2) is 0 Å². The minimum Gasteiger partial charge on any atom is -0.473 e. The number of carbonyl (C=O) groups is 2. The van der Waals surface area contributed by atoms with E-state index in [-0.39, 0.29) is 0 Å². The number of carboxylic acid groups (broad SMARTS) is 2. The summed E-state index contributed by atoms with van der Waals surface area (Å²) in [4.78, 5) is 23.3. The lowest BCUT2D eigenvalue weighted by atomic mass is 10.0. The first kappa shape index (κ1) is 22.9. The molecule has 3 aromatic rings. The van der Waals surface area contributed by atoms with Gasteiger partial charge < -0.3 is 10.2 Å². The van der Waals surface area contributed by atoms with E-state index in [1.54, 1.807) is 0 Å². The number of piperazine rings is 1. The molecule has 0 unspecified atom stereocenters. The summed E-state index contributed by atoms with van der Waals surface area (Å²) >= 11 is 3.67. The molecule has 3 aromatic carbocycles. The van der Waals surface area contributed by atoms with Crippen LogP contribution >= 0.6 is 15.9 Å². The maximum Gasteiger partial charge on any atom is 0.414 e. The minimum absolute atomic E-state index is 1.03. The van der Waals surface area contributed by atoms with Crippen molar-refractivity contribution in [3.8, 4) is 0 Å². The predicted molar refractivity (Wildman–Crippen MR) is 124 cm³/mol. The molecule has 7 heteroatoms. The summed E-state index contributed by atoms with van der Waals surface area (Å²) < 4.78 is 1.22. The van der Waals surface area contributed by atoms with E-state index in [1.165, 1.54) is 26.4 Å². The van der Waals surface area contributed by atoms with Gasteiger partial charge in [-0.1, -0.05) is 76.6 Å². The van der Waals surface area contributed by atoms with Crippen molar-refractivity contribution in [2.45, 2.75) is 13.1 Å². The summed E-state index contributed by atoms with van der Waals surface area (Å²) in [7, 11) is 0. The standard InChI is InChI=1S/C22H23BrN2.C2H2O4/c23-22-11-4-2-7-20(22)17-25-14-12-24(13-15-25)16-19-9-5-8-18-6-1-3-10-21(18)19;3-1(4)2(5)6/h1-11H,12-17H2;(H,3,4)(H,5,6). The highest BCUT2D eigenvalue weighted by Gasteiger charge is 2.18. The Bertz CT molecular complexity index is 1030. The molecule has 0 bridgehead atoms. The van der Waals surface area contributed by atoms with Gasteiger partial charge in [-0.05, 0) is 28.0 Å². The summed E-state index contributed by atoms with van der Waals surface area (Å²) in [6, 6.07) is 23.9. The molecule has 0 saturated carbocycles. The Morgan fingerprint density at radius 1 is 0.710 bits per heavy atom. The van der Waals surface area contributed by atoms with Crippen LogP contribution in [0.2, 0.25) is 0 Å². The molecule has 0 aliphatic carbocycles. The molecule has 1 aliphatic rings. The first-order chi connectivity index (χ1) is 14.9. The molecule has 1 fully saturated rings. The zero-order valence-electron chi connectivity index (χ0n) is 17.1.